The van der Waals surface area contributed by atoms with Gasteiger partial charge in [0.1, 0.15) is 4.32 Å². The van der Waals surface area contributed by atoms with Crippen LogP contribution in [0.5, 0.6) is 0 Å². The van der Waals surface area contributed by atoms with Gasteiger partial charge in [0.2, 0.25) is 0 Å². The summed E-state index contributed by atoms with van der Waals surface area (Å²) < 4.78 is 0.396. The van der Waals surface area contributed by atoms with Crippen molar-refractivity contribution in [1.82, 2.24) is 4.90 Å². The van der Waals surface area contributed by atoms with Crippen LogP contribution in [0.15, 0.2) is 41.3 Å². The van der Waals surface area contributed by atoms with Crippen LogP contribution in [-0.2, 0) is 16.0 Å². The van der Waals surface area contributed by atoms with Crippen LogP contribution >= 0.6 is 24.0 Å². The number of nitrogens with zero attached hydrogens (tertiary/aromatic N) is 1. The first-order valence-corrected chi connectivity index (χ1v) is 8.75. The Morgan fingerprint density at radius 1 is 1.38 bits per heavy atom. The Morgan fingerprint density at radius 2 is 2.04 bits per heavy atom. The van der Waals surface area contributed by atoms with E-state index in [2.05, 4.69) is 0 Å². The molecule has 0 aromatic heterocycles. The highest BCUT2D eigenvalue weighted by atomic mass is 32.2. The third kappa shape index (κ3) is 5.15. The summed E-state index contributed by atoms with van der Waals surface area (Å²) in [5.41, 5.74) is -0.206. The average Bonchev–Trinajstić information content (AvgIpc) is 2.74. The Labute approximate surface area is 150 Å². The summed E-state index contributed by atoms with van der Waals surface area (Å²) in [6.45, 7) is 1.92. The summed E-state index contributed by atoms with van der Waals surface area (Å²) in [7, 11) is 0. The van der Waals surface area contributed by atoms with Crippen molar-refractivity contribution in [1.29, 1.82) is 0 Å². The van der Waals surface area contributed by atoms with Gasteiger partial charge in [-0.2, -0.15) is 0 Å². The Hall–Kier alpha value is -1.70. The van der Waals surface area contributed by atoms with Crippen molar-refractivity contribution in [2.75, 3.05) is 6.54 Å². The van der Waals surface area contributed by atoms with E-state index in [0.29, 0.717) is 22.1 Å². The summed E-state index contributed by atoms with van der Waals surface area (Å²) in [5, 5.41) is 19.3. The molecule has 128 valence electrons. The van der Waals surface area contributed by atoms with Gasteiger partial charge >= 0.3 is 5.97 Å². The molecule has 1 saturated heterocycles. The summed E-state index contributed by atoms with van der Waals surface area (Å²) in [5.74, 6) is -1.18. The van der Waals surface area contributed by atoms with E-state index < -0.39 is 11.6 Å². The first-order chi connectivity index (χ1) is 11.3. The van der Waals surface area contributed by atoms with E-state index in [1.54, 1.807) is 6.92 Å². The van der Waals surface area contributed by atoms with Gasteiger partial charge in [-0.25, -0.2) is 0 Å². The van der Waals surface area contributed by atoms with Crippen LogP contribution in [0.1, 0.15) is 25.3 Å². The van der Waals surface area contributed by atoms with E-state index in [1.807, 2.05) is 30.3 Å². The first kappa shape index (κ1) is 18.6. The van der Waals surface area contributed by atoms with E-state index in [9.17, 15) is 14.7 Å². The molecule has 1 aliphatic rings. The highest BCUT2D eigenvalue weighted by Gasteiger charge is 2.34. The molecule has 7 heteroatoms. The molecule has 0 bridgehead atoms. The Balaban J connectivity index is 2.05. The average molecular weight is 365 g/mol. The maximum absolute atomic E-state index is 12.4. The fourth-order valence-electron chi connectivity index (χ4n) is 2.42. The number of thiocarbonyl (C=S) groups is 1. The van der Waals surface area contributed by atoms with Gasteiger partial charge in [0.25, 0.3) is 5.91 Å². The molecule has 0 aliphatic carbocycles. The summed E-state index contributed by atoms with van der Waals surface area (Å²) in [6, 6.07) is 9.53. The molecule has 1 amide bonds. The molecule has 0 radical (unpaired) electrons. The Morgan fingerprint density at radius 3 is 2.67 bits per heavy atom. The number of carbonyl (C=O) groups excluding carboxylic acids is 1. The van der Waals surface area contributed by atoms with E-state index in [4.69, 9.17) is 17.3 Å². The molecule has 1 atom stereocenters. The van der Waals surface area contributed by atoms with Gasteiger partial charge in [-0.1, -0.05) is 54.3 Å². The quantitative estimate of drug-likeness (QED) is 0.571. The van der Waals surface area contributed by atoms with Crippen LogP contribution in [0.25, 0.3) is 0 Å². The molecule has 24 heavy (non-hydrogen) atoms. The van der Waals surface area contributed by atoms with Gasteiger partial charge in [0, 0.05) is 19.4 Å². The second-order valence-electron chi connectivity index (χ2n) is 5.85. The zero-order valence-corrected chi connectivity index (χ0v) is 14.9. The molecule has 5 nitrogen and oxygen atoms in total. The molecule has 0 spiro atoms. The second-order valence-corrected chi connectivity index (χ2v) is 7.53. The van der Waals surface area contributed by atoms with Crippen LogP contribution in [0, 0.1) is 0 Å². The number of carboxylic acid groups (broad SMARTS) is 1. The molecule has 1 unspecified atom stereocenters. The molecule has 1 aromatic carbocycles. The minimum atomic E-state index is -1.17. The van der Waals surface area contributed by atoms with Crippen molar-refractivity contribution >= 4 is 40.2 Å². The monoisotopic (exact) mass is 365 g/mol. The third-order valence-corrected chi connectivity index (χ3v) is 4.87. The van der Waals surface area contributed by atoms with Crippen molar-refractivity contribution in [3.8, 4) is 0 Å². The smallest absolute Gasteiger partial charge is 0.303 e. The van der Waals surface area contributed by atoms with Gasteiger partial charge in [0.15, 0.2) is 0 Å². The number of rotatable bonds is 7. The number of aliphatic carboxylic acids is 1. The normalized spacial score (nSPS) is 18.9. The molecule has 0 saturated carbocycles. The summed E-state index contributed by atoms with van der Waals surface area (Å²) in [4.78, 5) is 24.8. The van der Waals surface area contributed by atoms with Crippen LogP contribution in [0.4, 0.5) is 0 Å². The van der Waals surface area contributed by atoms with Crippen LogP contribution in [0.2, 0.25) is 0 Å². The molecule has 1 heterocycles. The van der Waals surface area contributed by atoms with Gasteiger partial charge < -0.3 is 10.2 Å². The van der Waals surface area contributed by atoms with Gasteiger partial charge in [0.05, 0.1) is 10.5 Å². The van der Waals surface area contributed by atoms with Crippen molar-refractivity contribution in [2.24, 2.45) is 0 Å². The van der Waals surface area contributed by atoms with Crippen molar-refractivity contribution < 1.29 is 19.8 Å². The zero-order chi connectivity index (χ0) is 17.7. The number of hydrogen-bond acceptors (Lipinski definition) is 5. The molecule has 1 aromatic rings. The highest BCUT2D eigenvalue weighted by Crippen LogP contribution is 2.33. The number of amides is 1. The van der Waals surface area contributed by atoms with Gasteiger partial charge in [-0.05, 0) is 25.0 Å². The zero-order valence-electron chi connectivity index (χ0n) is 13.3. The second kappa shape index (κ2) is 7.92. The lowest BCUT2D eigenvalue weighted by atomic mass is 9.96. The third-order valence-electron chi connectivity index (χ3n) is 3.49. The lowest BCUT2D eigenvalue weighted by molar-refractivity contribution is -0.137. The van der Waals surface area contributed by atoms with Crippen molar-refractivity contribution in [3.05, 3.63) is 46.9 Å². The summed E-state index contributed by atoms with van der Waals surface area (Å²) >= 11 is 6.33. The predicted octanol–water partition coefficient (Wildman–Crippen LogP) is 2.59. The van der Waals surface area contributed by atoms with Crippen molar-refractivity contribution in [3.63, 3.8) is 0 Å². The molecule has 1 aliphatic heterocycles. The highest BCUT2D eigenvalue weighted by molar-refractivity contribution is 8.26. The van der Waals surface area contributed by atoms with Crippen LogP contribution < -0.4 is 0 Å². The number of benzene rings is 1. The van der Waals surface area contributed by atoms with E-state index in [0.717, 1.165) is 17.3 Å². The molecular weight excluding hydrogens is 346 g/mol. The largest absolute Gasteiger partial charge is 0.481 e. The SMILES string of the molecule is CC(O)(C=C1SC(=S)N(CCCC(=O)O)C1=O)Cc1ccccc1. The topological polar surface area (TPSA) is 77.8 Å². The van der Waals surface area contributed by atoms with Gasteiger partial charge in [-0.3, -0.25) is 14.5 Å². The lowest BCUT2D eigenvalue weighted by Gasteiger charge is -2.20. The molecule has 2 N–H and O–H groups in total. The van der Waals surface area contributed by atoms with Crippen LogP contribution in [0.3, 0.4) is 0 Å². The Bertz CT molecular complexity index is 670. The Kier molecular flexibility index (Phi) is 6.15. The van der Waals surface area contributed by atoms with Crippen LogP contribution in [-0.4, -0.2) is 43.5 Å². The maximum atomic E-state index is 12.4. The maximum Gasteiger partial charge on any atom is 0.303 e. The standard InChI is InChI=1S/C17H19NO4S2/c1-17(22,10-12-6-3-2-4-7-12)11-13-15(21)18(16(23)24-13)9-5-8-14(19)20/h2-4,6-7,11,22H,5,8-10H2,1H3,(H,19,20). The number of hydrogen-bond donors (Lipinski definition) is 2. The lowest BCUT2D eigenvalue weighted by Crippen LogP contribution is -2.30. The van der Waals surface area contributed by atoms with E-state index >= 15 is 0 Å². The minimum Gasteiger partial charge on any atom is -0.481 e. The van der Waals surface area contributed by atoms with Crippen molar-refractivity contribution in [2.45, 2.75) is 31.8 Å². The number of carbonyl (C=O) groups is 2. The fraction of sp³-hybridized carbons (Fsp3) is 0.353. The number of carboxylic acids is 1. The van der Waals surface area contributed by atoms with Gasteiger partial charge in [-0.15, -0.1) is 0 Å². The minimum absolute atomic E-state index is 0.0121. The van der Waals surface area contributed by atoms with E-state index in [1.165, 1.54) is 11.0 Å². The fourth-order valence-corrected chi connectivity index (χ4v) is 3.85. The number of aliphatic hydroxyl groups is 1. The molecule has 1 fully saturated rings. The first-order valence-electron chi connectivity index (χ1n) is 7.53. The molecular formula is C17H19NO4S2. The predicted molar refractivity (Wildman–Crippen MR) is 97.6 cm³/mol. The van der Waals surface area contributed by atoms with E-state index in [-0.39, 0.29) is 18.9 Å². The molecule has 2 rings (SSSR count). The summed E-state index contributed by atoms with van der Waals surface area (Å²) in [6.07, 6.45) is 2.25. The number of thioether (sulfide) groups is 1.